The zero-order valence-electron chi connectivity index (χ0n) is 14.9. The maximum Gasteiger partial charge on any atom is 0.190 e. The second-order valence-corrected chi connectivity index (χ2v) is 7.37. The van der Waals surface area contributed by atoms with E-state index in [1.54, 1.807) is 0 Å². The number of benzene rings is 1. The number of ether oxygens (including phenoxy) is 4. The average molecular weight is 369 g/mol. The van der Waals surface area contributed by atoms with Crippen molar-refractivity contribution < 1.29 is 23.7 Å². The Morgan fingerprint density at radius 2 is 2.04 bits per heavy atom. The lowest BCUT2D eigenvalue weighted by Crippen LogP contribution is -2.40. The summed E-state index contributed by atoms with van der Waals surface area (Å²) in [6.45, 7) is 6.00. The third-order valence-corrected chi connectivity index (χ3v) is 4.84. The van der Waals surface area contributed by atoms with Gasteiger partial charge in [-0.2, -0.15) is 0 Å². The molecule has 2 saturated heterocycles. The minimum Gasteiger partial charge on any atom is -0.367 e. The van der Waals surface area contributed by atoms with E-state index < -0.39 is 30.4 Å². The largest absolute Gasteiger partial charge is 0.367 e. The normalized spacial score (nSPS) is 30.4. The summed E-state index contributed by atoms with van der Waals surface area (Å²) in [5.74, 6) is -0.718. The number of unbranched alkanes of at least 4 members (excludes halogenated alkanes) is 1. The van der Waals surface area contributed by atoms with E-state index in [0.29, 0.717) is 11.4 Å². The SMILES string of the molecule is CCCCC(=O)[C@H]1O[C@@H]2OC(C)(C)O[C@@H]2[C@H]1OCc1ccccc1Cl. The molecule has 2 heterocycles. The maximum absolute atomic E-state index is 12.5. The molecule has 0 aromatic heterocycles. The van der Waals surface area contributed by atoms with Gasteiger partial charge < -0.3 is 18.9 Å². The van der Waals surface area contributed by atoms with Crippen molar-refractivity contribution in [3.63, 3.8) is 0 Å². The van der Waals surface area contributed by atoms with Crippen molar-refractivity contribution in [2.75, 3.05) is 0 Å². The van der Waals surface area contributed by atoms with Crippen molar-refractivity contribution in [2.24, 2.45) is 0 Å². The van der Waals surface area contributed by atoms with Crippen molar-refractivity contribution in [3.8, 4) is 0 Å². The van der Waals surface area contributed by atoms with Crippen molar-refractivity contribution in [1.29, 1.82) is 0 Å². The van der Waals surface area contributed by atoms with Crippen LogP contribution >= 0.6 is 11.6 Å². The van der Waals surface area contributed by atoms with E-state index in [0.717, 1.165) is 18.4 Å². The van der Waals surface area contributed by atoms with Crippen LogP contribution in [-0.2, 0) is 30.3 Å². The van der Waals surface area contributed by atoms with Gasteiger partial charge in [0.05, 0.1) is 6.61 Å². The third kappa shape index (κ3) is 4.23. The highest BCUT2D eigenvalue weighted by molar-refractivity contribution is 6.31. The molecule has 138 valence electrons. The van der Waals surface area contributed by atoms with Crippen LogP contribution in [0.15, 0.2) is 24.3 Å². The van der Waals surface area contributed by atoms with E-state index in [2.05, 4.69) is 6.92 Å². The number of ketones is 1. The number of hydrogen-bond acceptors (Lipinski definition) is 5. The molecule has 6 heteroatoms. The Morgan fingerprint density at radius 3 is 2.76 bits per heavy atom. The molecule has 0 bridgehead atoms. The predicted molar refractivity (Wildman–Crippen MR) is 93.3 cm³/mol. The monoisotopic (exact) mass is 368 g/mol. The van der Waals surface area contributed by atoms with Gasteiger partial charge in [-0.05, 0) is 31.9 Å². The van der Waals surface area contributed by atoms with Gasteiger partial charge in [0, 0.05) is 11.4 Å². The summed E-state index contributed by atoms with van der Waals surface area (Å²) in [5.41, 5.74) is 0.866. The van der Waals surface area contributed by atoms with Crippen molar-refractivity contribution >= 4 is 17.4 Å². The maximum atomic E-state index is 12.5. The zero-order chi connectivity index (χ0) is 18.0. The van der Waals surface area contributed by atoms with Gasteiger partial charge in [-0.15, -0.1) is 0 Å². The van der Waals surface area contributed by atoms with Gasteiger partial charge in [-0.3, -0.25) is 4.79 Å². The molecule has 0 spiro atoms. The fourth-order valence-corrected chi connectivity index (χ4v) is 3.41. The van der Waals surface area contributed by atoms with Crippen LogP contribution in [0.25, 0.3) is 0 Å². The smallest absolute Gasteiger partial charge is 0.190 e. The molecule has 0 aliphatic carbocycles. The van der Waals surface area contributed by atoms with E-state index in [-0.39, 0.29) is 12.4 Å². The lowest BCUT2D eigenvalue weighted by atomic mass is 10.0. The van der Waals surface area contributed by atoms with Gasteiger partial charge in [-0.1, -0.05) is 43.1 Å². The molecular weight excluding hydrogens is 344 g/mol. The lowest BCUT2D eigenvalue weighted by Gasteiger charge is -2.25. The number of fused-ring (bicyclic) bond motifs is 1. The molecule has 2 aliphatic heterocycles. The minimum atomic E-state index is -0.751. The summed E-state index contributed by atoms with van der Waals surface area (Å²) in [6, 6.07) is 7.49. The molecule has 0 saturated carbocycles. The quantitative estimate of drug-likeness (QED) is 0.731. The van der Waals surface area contributed by atoms with Crippen molar-refractivity contribution in [3.05, 3.63) is 34.9 Å². The van der Waals surface area contributed by atoms with E-state index in [1.807, 2.05) is 38.1 Å². The first-order chi connectivity index (χ1) is 11.9. The van der Waals surface area contributed by atoms with Crippen molar-refractivity contribution in [1.82, 2.24) is 0 Å². The number of hydrogen-bond donors (Lipinski definition) is 0. The molecule has 1 aromatic rings. The highest BCUT2D eigenvalue weighted by atomic mass is 35.5. The van der Waals surface area contributed by atoms with Crippen LogP contribution < -0.4 is 0 Å². The highest BCUT2D eigenvalue weighted by Gasteiger charge is 2.57. The minimum absolute atomic E-state index is 0.0328. The number of carbonyl (C=O) groups excluding carboxylic acids is 1. The molecule has 5 nitrogen and oxygen atoms in total. The number of carbonyl (C=O) groups is 1. The molecule has 2 fully saturated rings. The second kappa shape index (κ2) is 7.72. The van der Waals surface area contributed by atoms with E-state index >= 15 is 0 Å². The Bertz CT molecular complexity index is 618. The molecule has 3 rings (SSSR count). The Kier molecular flexibility index (Phi) is 5.81. The predicted octanol–water partition coefficient (Wildman–Crippen LogP) is 3.86. The van der Waals surface area contributed by atoms with Crippen LogP contribution in [0.2, 0.25) is 5.02 Å². The average Bonchev–Trinajstić information content (AvgIpc) is 3.04. The number of halogens is 1. The summed E-state index contributed by atoms with van der Waals surface area (Å²) in [6.07, 6.45) is 0.0766. The van der Waals surface area contributed by atoms with Gasteiger partial charge >= 0.3 is 0 Å². The lowest BCUT2D eigenvalue weighted by molar-refractivity contribution is -0.218. The Hall–Kier alpha value is -0.980. The Balaban J connectivity index is 1.73. The summed E-state index contributed by atoms with van der Waals surface area (Å²) in [7, 11) is 0. The zero-order valence-corrected chi connectivity index (χ0v) is 15.6. The molecule has 0 radical (unpaired) electrons. The van der Waals surface area contributed by atoms with E-state index in [4.69, 9.17) is 30.5 Å². The first-order valence-electron chi connectivity index (χ1n) is 8.80. The van der Waals surface area contributed by atoms with Gasteiger partial charge in [0.25, 0.3) is 0 Å². The molecule has 0 amide bonds. The summed E-state index contributed by atoms with van der Waals surface area (Å²) >= 11 is 6.20. The first kappa shape index (κ1) is 18.8. The van der Waals surface area contributed by atoms with Gasteiger partial charge in [0.15, 0.2) is 17.9 Å². The number of rotatable bonds is 7. The molecule has 2 aliphatic rings. The van der Waals surface area contributed by atoms with E-state index in [1.165, 1.54) is 0 Å². The fourth-order valence-electron chi connectivity index (χ4n) is 3.22. The number of Topliss-reactive ketones (excluding diaryl/α,β-unsaturated/α-hetero) is 1. The van der Waals surface area contributed by atoms with Crippen LogP contribution in [0.4, 0.5) is 0 Å². The first-order valence-corrected chi connectivity index (χ1v) is 9.18. The van der Waals surface area contributed by atoms with Crippen LogP contribution in [-0.4, -0.2) is 36.2 Å². The van der Waals surface area contributed by atoms with Crippen LogP contribution in [0, 0.1) is 0 Å². The molecular formula is C19H25ClO5. The van der Waals surface area contributed by atoms with Crippen LogP contribution in [0.3, 0.4) is 0 Å². The highest BCUT2D eigenvalue weighted by Crippen LogP contribution is 2.39. The standard InChI is InChI=1S/C19H25ClO5/c1-4-5-10-14(21)15-16(17-18(23-15)25-19(2,3)24-17)22-11-12-8-6-7-9-13(12)20/h6-9,15-18H,4-5,10-11H2,1-3H3/t15-,16+,17-,18-/m1/s1. The topological polar surface area (TPSA) is 54.0 Å². The van der Waals surface area contributed by atoms with E-state index in [9.17, 15) is 4.79 Å². The van der Waals surface area contributed by atoms with Gasteiger partial charge in [-0.25, -0.2) is 0 Å². The fraction of sp³-hybridized carbons (Fsp3) is 0.632. The summed E-state index contributed by atoms with van der Waals surface area (Å²) < 4.78 is 23.6. The van der Waals surface area contributed by atoms with Crippen molar-refractivity contribution in [2.45, 2.75) is 77.0 Å². The molecule has 25 heavy (non-hydrogen) atoms. The van der Waals surface area contributed by atoms with Crippen LogP contribution in [0.5, 0.6) is 0 Å². The summed E-state index contributed by atoms with van der Waals surface area (Å²) in [4.78, 5) is 12.5. The molecule has 0 unspecified atom stereocenters. The second-order valence-electron chi connectivity index (χ2n) is 6.96. The third-order valence-electron chi connectivity index (χ3n) is 4.47. The molecule has 4 atom stereocenters. The molecule has 1 aromatic carbocycles. The Labute approximate surface area is 153 Å². The van der Waals surface area contributed by atoms with Crippen LogP contribution in [0.1, 0.15) is 45.6 Å². The van der Waals surface area contributed by atoms with Gasteiger partial charge in [0.2, 0.25) is 0 Å². The van der Waals surface area contributed by atoms with Gasteiger partial charge in [0.1, 0.15) is 18.3 Å². The molecule has 0 N–H and O–H groups in total. The summed E-state index contributed by atoms with van der Waals surface area (Å²) in [5, 5.41) is 0.635. The Morgan fingerprint density at radius 1 is 1.28 bits per heavy atom.